The van der Waals surface area contributed by atoms with Crippen molar-refractivity contribution < 1.29 is 14.6 Å². The number of morpholine rings is 2. The van der Waals surface area contributed by atoms with Crippen LogP contribution in [0.2, 0.25) is 0 Å². The molecule has 8 heteroatoms. The van der Waals surface area contributed by atoms with Crippen LogP contribution in [0.4, 0.5) is 11.8 Å². The average molecular weight is 526 g/mol. The van der Waals surface area contributed by atoms with E-state index in [0.717, 1.165) is 45.7 Å². The molecule has 6 rings (SSSR count). The summed E-state index contributed by atoms with van der Waals surface area (Å²) in [6, 6.07) is 16.9. The maximum absolute atomic E-state index is 9.72. The molecule has 1 aromatic heterocycles. The van der Waals surface area contributed by atoms with Crippen molar-refractivity contribution in [1.82, 2.24) is 14.9 Å². The van der Waals surface area contributed by atoms with E-state index < -0.39 is 0 Å². The first-order chi connectivity index (χ1) is 19.0. The molecular weight excluding hydrogens is 490 g/mol. The molecule has 2 fully saturated rings. The fourth-order valence-electron chi connectivity index (χ4n) is 5.54. The highest BCUT2D eigenvalue weighted by Crippen LogP contribution is 2.37. The second-order valence-corrected chi connectivity index (χ2v) is 10.4. The Morgan fingerprint density at radius 3 is 2.72 bits per heavy atom. The van der Waals surface area contributed by atoms with Gasteiger partial charge in [0, 0.05) is 44.0 Å². The fraction of sp³-hybridized carbons (Fsp3) is 0.355. The smallest absolute Gasteiger partial charge is 0.228 e. The Labute approximate surface area is 229 Å². The zero-order chi connectivity index (χ0) is 26.9. The first kappa shape index (κ1) is 25.6. The Bertz CT molecular complexity index is 1440. The van der Waals surface area contributed by atoms with Gasteiger partial charge in [0.1, 0.15) is 5.82 Å². The molecule has 0 aliphatic carbocycles. The van der Waals surface area contributed by atoms with Crippen LogP contribution in [-0.4, -0.2) is 79.2 Å². The molecule has 202 valence electrons. The van der Waals surface area contributed by atoms with Gasteiger partial charge in [0.2, 0.25) is 5.95 Å². The Morgan fingerprint density at radius 2 is 1.92 bits per heavy atom. The number of hydrogen-bond donors (Lipinski definition) is 1. The summed E-state index contributed by atoms with van der Waals surface area (Å²) in [4.78, 5) is 16.8. The molecule has 0 unspecified atom stereocenters. The third kappa shape index (κ3) is 5.03. The predicted octanol–water partition coefficient (Wildman–Crippen LogP) is 4.15. The standard InChI is InChI=1S/C31H35N5O3/c1-21-15-25(17-34(3)22(21)2)24-9-10-28-27(16-24)30(33-31(32-28)35-11-14-39-26(18-35)19-37)36-12-13-38-20-29(36)23-7-5-4-6-8-23/h4-10,15-17,26,29,37H,2,11-14,18-20H2,1,3H3/t26-,29+/m0/s1. The molecule has 3 aliphatic heterocycles. The molecule has 8 nitrogen and oxygen atoms in total. The minimum Gasteiger partial charge on any atom is -0.394 e. The summed E-state index contributed by atoms with van der Waals surface area (Å²) in [5.74, 6) is 1.56. The van der Waals surface area contributed by atoms with Crippen molar-refractivity contribution in [2.75, 3.05) is 62.9 Å². The van der Waals surface area contributed by atoms with E-state index in [1.165, 1.54) is 5.56 Å². The van der Waals surface area contributed by atoms with Gasteiger partial charge in [-0.05, 0) is 47.4 Å². The highest BCUT2D eigenvalue weighted by atomic mass is 16.5. The number of allylic oxidation sites excluding steroid dienone is 3. The summed E-state index contributed by atoms with van der Waals surface area (Å²) in [6.07, 6.45) is 4.06. The first-order valence-corrected chi connectivity index (χ1v) is 13.5. The number of fused-ring (bicyclic) bond motifs is 1. The van der Waals surface area contributed by atoms with E-state index in [2.05, 4.69) is 82.9 Å². The molecule has 2 aromatic carbocycles. The molecule has 3 aromatic rings. The van der Waals surface area contributed by atoms with Crippen molar-refractivity contribution in [3.63, 3.8) is 0 Å². The number of benzene rings is 2. The maximum atomic E-state index is 9.72. The molecule has 0 radical (unpaired) electrons. The molecule has 3 aliphatic rings. The Balaban J connectivity index is 1.49. The number of rotatable bonds is 5. The largest absolute Gasteiger partial charge is 0.394 e. The van der Waals surface area contributed by atoms with Crippen molar-refractivity contribution in [3.8, 4) is 0 Å². The number of ether oxygens (including phenoxy) is 2. The van der Waals surface area contributed by atoms with Gasteiger partial charge < -0.3 is 29.3 Å². The average Bonchev–Trinajstić information content (AvgIpc) is 2.99. The third-order valence-electron chi connectivity index (χ3n) is 7.79. The van der Waals surface area contributed by atoms with Crippen molar-refractivity contribution in [2.24, 2.45) is 0 Å². The van der Waals surface area contributed by atoms with Crippen LogP contribution < -0.4 is 9.80 Å². The molecule has 4 heterocycles. The number of aliphatic hydroxyl groups excluding tert-OH is 1. The fourth-order valence-corrected chi connectivity index (χ4v) is 5.54. The number of likely N-dealkylation sites (N-methyl/N-ethyl adjacent to an activating group) is 1. The molecule has 0 bridgehead atoms. The highest BCUT2D eigenvalue weighted by molar-refractivity contribution is 5.94. The van der Waals surface area contributed by atoms with Crippen molar-refractivity contribution in [1.29, 1.82) is 0 Å². The molecule has 0 amide bonds. The first-order valence-electron chi connectivity index (χ1n) is 13.5. The lowest BCUT2D eigenvalue weighted by Crippen LogP contribution is -2.45. The quantitative estimate of drug-likeness (QED) is 0.533. The number of nitrogens with zero attached hydrogens (tertiary/aromatic N) is 5. The van der Waals surface area contributed by atoms with E-state index in [1.807, 2.05) is 13.1 Å². The second-order valence-electron chi connectivity index (χ2n) is 10.4. The summed E-state index contributed by atoms with van der Waals surface area (Å²) in [5, 5.41) is 10.7. The topological polar surface area (TPSA) is 74.2 Å². The maximum Gasteiger partial charge on any atom is 0.228 e. The molecule has 2 saturated heterocycles. The van der Waals surface area contributed by atoms with E-state index in [4.69, 9.17) is 19.4 Å². The molecule has 1 N–H and O–H groups in total. The molecular formula is C31H35N5O3. The van der Waals surface area contributed by atoms with Crippen LogP contribution in [0.15, 0.2) is 78.7 Å². The van der Waals surface area contributed by atoms with Crippen LogP contribution in [0.1, 0.15) is 24.1 Å². The predicted molar refractivity (Wildman–Crippen MR) is 155 cm³/mol. The third-order valence-corrected chi connectivity index (χ3v) is 7.79. The normalized spacial score (nSPS) is 22.2. The Kier molecular flexibility index (Phi) is 7.08. The van der Waals surface area contributed by atoms with E-state index in [0.29, 0.717) is 38.9 Å². The van der Waals surface area contributed by atoms with Crippen molar-refractivity contribution in [2.45, 2.75) is 19.1 Å². The lowest BCUT2D eigenvalue weighted by molar-refractivity contribution is 0.00315. The summed E-state index contributed by atoms with van der Waals surface area (Å²) in [7, 11) is 2.03. The van der Waals surface area contributed by atoms with Crippen LogP contribution in [0, 0.1) is 0 Å². The van der Waals surface area contributed by atoms with Crippen molar-refractivity contribution in [3.05, 3.63) is 89.8 Å². The van der Waals surface area contributed by atoms with Gasteiger partial charge in [-0.1, -0.05) is 43.0 Å². The lowest BCUT2D eigenvalue weighted by Gasteiger charge is -2.38. The lowest BCUT2D eigenvalue weighted by atomic mass is 9.98. The Morgan fingerprint density at radius 1 is 1.08 bits per heavy atom. The Hall–Kier alpha value is -3.72. The number of aliphatic hydroxyl groups is 1. The van der Waals surface area contributed by atoms with Crippen molar-refractivity contribution >= 4 is 28.2 Å². The summed E-state index contributed by atoms with van der Waals surface area (Å²) >= 11 is 0. The van der Waals surface area contributed by atoms with Crippen LogP contribution in [0.5, 0.6) is 0 Å². The summed E-state index contributed by atoms with van der Waals surface area (Å²) < 4.78 is 11.7. The number of hydrogen-bond acceptors (Lipinski definition) is 8. The van der Waals surface area contributed by atoms with Crippen LogP contribution in [0.25, 0.3) is 16.5 Å². The monoisotopic (exact) mass is 525 g/mol. The van der Waals surface area contributed by atoms with E-state index in [9.17, 15) is 5.11 Å². The van der Waals surface area contributed by atoms with Gasteiger partial charge in [-0.15, -0.1) is 0 Å². The molecule has 0 spiro atoms. The minimum atomic E-state index is -0.246. The minimum absolute atomic E-state index is 0.0250. The van der Waals surface area contributed by atoms with Gasteiger partial charge in [-0.2, -0.15) is 4.98 Å². The number of anilines is 2. The van der Waals surface area contributed by atoms with Gasteiger partial charge >= 0.3 is 0 Å². The highest BCUT2D eigenvalue weighted by Gasteiger charge is 2.30. The van der Waals surface area contributed by atoms with E-state index >= 15 is 0 Å². The van der Waals surface area contributed by atoms with Gasteiger partial charge in [-0.25, -0.2) is 4.98 Å². The zero-order valence-electron chi connectivity index (χ0n) is 22.6. The molecule has 39 heavy (non-hydrogen) atoms. The van der Waals surface area contributed by atoms with Gasteiger partial charge in [0.25, 0.3) is 0 Å². The zero-order valence-corrected chi connectivity index (χ0v) is 22.6. The van der Waals surface area contributed by atoms with Gasteiger partial charge in [-0.3, -0.25) is 0 Å². The SMILES string of the molecule is C=C1C(C)=CC(c2ccc3nc(N4CCO[C@H](CO)C4)nc(N4CCOC[C@@H]4c4ccccc4)c3c2)=CN1C. The molecule has 0 saturated carbocycles. The van der Waals surface area contributed by atoms with E-state index in [-0.39, 0.29) is 18.8 Å². The summed E-state index contributed by atoms with van der Waals surface area (Å²) in [5.41, 5.74) is 6.46. The molecule has 2 atom stereocenters. The van der Waals surface area contributed by atoms with Crippen LogP contribution in [-0.2, 0) is 9.47 Å². The van der Waals surface area contributed by atoms with Gasteiger partial charge in [0.05, 0.1) is 44.1 Å². The second kappa shape index (κ2) is 10.8. The number of aromatic nitrogens is 2. The van der Waals surface area contributed by atoms with E-state index in [1.54, 1.807) is 0 Å². The van der Waals surface area contributed by atoms with Gasteiger partial charge in [0.15, 0.2) is 0 Å². The van der Waals surface area contributed by atoms with Crippen LogP contribution >= 0.6 is 0 Å². The van der Waals surface area contributed by atoms with Crippen LogP contribution in [0.3, 0.4) is 0 Å². The summed E-state index contributed by atoms with van der Waals surface area (Å²) in [6.45, 7) is 9.96.